The first-order valence-corrected chi connectivity index (χ1v) is 7.60. The van der Waals surface area contributed by atoms with Crippen LogP contribution >= 0.6 is 35.3 Å². The molecule has 2 aromatic rings. The van der Waals surface area contributed by atoms with Gasteiger partial charge >= 0.3 is 0 Å². The molecule has 2 N–H and O–H groups in total. The molecular formula is C14H22IN5S. The van der Waals surface area contributed by atoms with E-state index in [0.29, 0.717) is 6.54 Å². The Bertz CT molecular complexity index is 575. The molecule has 0 bridgehead atoms. The van der Waals surface area contributed by atoms with Crippen molar-refractivity contribution in [3.8, 4) is 0 Å². The predicted octanol–water partition coefficient (Wildman–Crippen LogP) is 2.66. The maximum atomic E-state index is 4.58. The SMILES string of the molecule is CCNC(=NCc1ccnn1C)NCc1sccc1C.I. The number of aromatic nitrogens is 2. The monoisotopic (exact) mass is 419 g/mol. The summed E-state index contributed by atoms with van der Waals surface area (Å²) in [5.74, 6) is 0.835. The van der Waals surface area contributed by atoms with E-state index in [1.807, 2.05) is 17.8 Å². The highest BCUT2D eigenvalue weighted by atomic mass is 127. The molecule has 116 valence electrons. The fourth-order valence-corrected chi connectivity index (χ4v) is 2.65. The molecule has 2 heterocycles. The van der Waals surface area contributed by atoms with Crippen LogP contribution in [0.1, 0.15) is 23.1 Å². The number of thiophene rings is 1. The lowest BCUT2D eigenvalue weighted by Crippen LogP contribution is -2.36. The smallest absolute Gasteiger partial charge is 0.191 e. The number of nitrogens with zero attached hydrogens (tertiary/aromatic N) is 3. The van der Waals surface area contributed by atoms with Crippen molar-refractivity contribution >= 4 is 41.3 Å². The summed E-state index contributed by atoms with van der Waals surface area (Å²) in [5, 5.41) is 12.9. The molecule has 0 radical (unpaired) electrons. The van der Waals surface area contributed by atoms with Gasteiger partial charge in [-0.05, 0) is 36.9 Å². The van der Waals surface area contributed by atoms with Crippen molar-refractivity contribution in [3.05, 3.63) is 39.8 Å². The second-order valence-corrected chi connectivity index (χ2v) is 5.52. The normalized spacial score (nSPS) is 11.1. The van der Waals surface area contributed by atoms with Crippen LogP contribution in [-0.2, 0) is 20.1 Å². The number of aryl methyl sites for hydroxylation is 2. The summed E-state index contributed by atoms with van der Waals surface area (Å²) < 4.78 is 1.84. The Morgan fingerprint density at radius 1 is 1.38 bits per heavy atom. The first-order valence-electron chi connectivity index (χ1n) is 6.72. The Morgan fingerprint density at radius 2 is 2.19 bits per heavy atom. The van der Waals surface area contributed by atoms with Crippen molar-refractivity contribution in [2.75, 3.05) is 6.54 Å². The van der Waals surface area contributed by atoms with E-state index in [-0.39, 0.29) is 24.0 Å². The number of guanidine groups is 1. The summed E-state index contributed by atoms with van der Waals surface area (Å²) in [7, 11) is 1.93. The Labute approximate surface area is 146 Å². The Hall–Kier alpha value is -1.09. The van der Waals surface area contributed by atoms with Crippen LogP contribution in [0.25, 0.3) is 0 Å². The highest BCUT2D eigenvalue weighted by Crippen LogP contribution is 2.14. The molecule has 0 fully saturated rings. The van der Waals surface area contributed by atoms with Gasteiger partial charge in [0.15, 0.2) is 5.96 Å². The van der Waals surface area contributed by atoms with Gasteiger partial charge in [-0.15, -0.1) is 35.3 Å². The molecule has 0 saturated heterocycles. The number of hydrogen-bond acceptors (Lipinski definition) is 3. The fraction of sp³-hybridized carbons (Fsp3) is 0.429. The molecule has 0 spiro atoms. The van der Waals surface area contributed by atoms with Gasteiger partial charge in [0.25, 0.3) is 0 Å². The first kappa shape index (κ1) is 18.0. The largest absolute Gasteiger partial charge is 0.357 e. The average Bonchev–Trinajstić information content (AvgIpc) is 3.02. The van der Waals surface area contributed by atoms with E-state index in [9.17, 15) is 0 Å². The van der Waals surface area contributed by atoms with Crippen LogP contribution in [0.5, 0.6) is 0 Å². The van der Waals surface area contributed by atoms with Gasteiger partial charge in [-0.3, -0.25) is 4.68 Å². The molecule has 0 aliphatic rings. The van der Waals surface area contributed by atoms with Crippen LogP contribution in [0.3, 0.4) is 0 Å². The molecule has 0 aliphatic carbocycles. The van der Waals surface area contributed by atoms with Crippen LogP contribution in [0.4, 0.5) is 0 Å². The van der Waals surface area contributed by atoms with Crippen LogP contribution in [-0.4, -0.2) is 22.3 Å². The van der Waals surface area contributed by atoms with Gasteiger partial charge in [-0.1, -0.05) is 0 Å². The van der Waals surface area contributed by atoms with E-state index in [1.165, 1.54) is 10.4 Å². The van der Waals surface area contributed by atoms with E-state index in [1.54, 1.807) is 17.5 Å². The molecular weight excluding hydrogens is 397 g/mol. The second kappa shape index (κ2) is 9.04. The molecule has 0 aliphatic heterocycles. The number of hydrogen-bond donors (Lipinski definition) is 2. The van der Waals surface area contributed by atoms with Crippen molar-refractivity contribution in [1.29, 1.82) is 0 Å². The highest BCUT2D eigenvalue weighted by Gasteiger charge is 2.03. The minimum atomic E-state index is 0. The highest BCUT2D eigenvalue weighted by molar-refractivity contribution is 14.0. The molecule has 0 amide bonds. The molecule has 0 saturated carbocycles. The van der Waals surface area contributed by atoms with Gasteiger partial charge in [-0.2, -0.15) is 5.10 Å². The van der Waals surface area contributed by atoms with Crippen molar-refractivity contribution in [2.45, 2.75) is 26.9 Å². The van der Waals surface area contributed by atoms with Gasteiger partial charge in [0.1, 0.15) is 0 Å². The summed E-state index contributed by atoms with van der Waals surface area (Å²) in [5.41, 5.74) is 2.42. The van der Waals surface area contributed by atoms with Crippen LogP contribution < -0.4 is 10.6 Å². The average molecular weight is 419 g/mol. The minimum absolute atomic E-state index is 0. The predicted molar refractivity (Wildman–Crippen MR) is 99.3 cm³/mol. The van der Waals surface area contributed by atoms with Gasteiger partial charge in [0.2, 0.25) is 0 Å². The lowest BCUT2D eigenvalue weighted by atomic mass is 10.3. The van der Waals surface area contributed by atoms with Crippen molar-refractivity contribution < 1.29 is 0 Å². The van der Waals surface area contributed by atoms with E-state index in [2.05, 4.69) is 46.0 Å². The first-order chi connectivity index (χ1) is 9.70. The van der Waals surface area contributed by atoms with E-state index < -0.39 is 0 Å². The van der Waals surface area contributed by atoms with Crippen molar-refractivity contribution in [2.24, 2.45) is 12.0 Å². The summed E-state index contributed by atoms with van der Waals surface area (Å²) in [6.07, 6.45) is 1.79. The number of nitrogens with one attached hydrogen (secondary N) is 2. The lowest BCUT2D eigenvalue weighted by Gasteiger charge is -2.11. The summed E-state index contributed by atoms with van der Waals surface area (Å²) >= 11 is 1.77. The quantitative estimate of drug-likeness (QED) is 0.445. The molecule has 0 unspecified atom stereocenters. The fourth-order valence-electron chi connectivity index (χ4n) is 1.81. The van der Waals surface area contributed by atoms with Gasteiger partial charge in [-0.25, -0.2) is 4.99 Å². The Kier molecular flexibility index (Phi) is 7.73. The molecule has 0 aromatic carbocycles. The number of halogens is 1. The van der Waals surface area contributed by atoms with Crippen molar-refractivity contribution in [3.63, 3.8) is 0 Å². The van der Waals surface area contributed by atoms with Gasteiger partial charge < -0.3 is 10.6 Å². The third-order valence-electron chi connectivity index (χ3n) is 3.05. The summed E-state index contributed by atoms with van der Waals surface area (Å²) in [4.78, 5) is 5.93. The van der Waals surface area contributed by atoms with Gasteiger partial charge in [0, 0.05) is 24.7 Å². The van der Waals surface area contributed by atoms with Gasteiger partial charge in [0.05, 0.1) is 18.8 Å². The number of rotatable bonds is 5. The third kappa shape index (κ3) is 5.31. The van der Waals surface area contributed by atoms with Crippen LogP contribution in [0, 0.1) is 6.92 Å². The molecule has 21 heavy (non-hydrogen) atoms. The van der Waals surface area contributed by atoms with Crippen molar-refractivity contribution in [1.82, 2.24) is 20.4 Å². The third-order valence-corrected chi connectivity index (χ3v) is 4.07. The maximum absolute atomic E-state index is 4.58. The van der Waals surface area contributed by atoms with Crippen LogP contribution in [0.15, 0.2) is 28.7 Å². The standard InChI is InChI=1S/C14H21N5S.HI/c1-4-15-14(16-9-12-5-7-18-19(12)3)17-10-13-11(2)6-8-20-13;/h5-8H,4,9-10H2,1-3H3,(H2,15,16,17);1H. The second-order valence-electron chi connectivity index (χ2n) is 4.52. The minimum Gasteiger partial charge on any atom is -0.357 e. The lowest BCUT2D eigenvalue weighted by molar-refractivity contribution is 0.707. The number of aliphatic imine (C=N–C) groups is 1. The maximum Gasteiger partial charge on any atom is 0.191 e. The Morgan fingerprint density at radius 3 is 2.76 bits per heavy atom. The van der Waals surface area contributed by atoms with E-state index >= 15 is 0 Å². The molecule has 0 atom stereocenters. The molecule has 7 heteroatoms. The Balaban J connectivity index is 0.00000220. The molecule has 5 nitrogen and oxygen atoms in total. The van der Waals surface area contributed by atoms with E-state index in [0.717, 1.165) is 24.7 Å². The topological polar surface area (TPSA) is 54.2 Å². The zero-order valence-electron chi connectivity index (χ0n) is 12.6. The summed E-state index contributed by atoms with van der Waals surface area (Å²) in [6.45, 7) is 6.47. The summed E-state index contributed by atoms with van der Waals surface area (Å²) in [6, 6.07) is 4.12. The molecule has 2 aromatic heterocycles. The zero-order valence-corrected chi connectivity index (χ0v) is 15.7. The zero-order chi connectivity index (χ0) is 14.4. The van der Waals surface area contributed by atoms with E-state index in [4.69, 9.17) is 0 Å². The molecule has 2 rings (SSSR count). The van der Waals surface area contributed by atoms with Crippen LogP contribution in [0.2, 0.25) is 0 Å².